The molecule has 0 radical (unpaired) electrons. The van der Waals surface area contributed by atoms with Gasteiger partial charge in [0.2, 0.25) is 0 Å². The summed E-state index contributed by atoms with van der Waals surface area (Å²) in [6, 6.07) is 0. The van der Waals surface area contributed by atoms with E-state index in [0.717, 1.165) is 6.21 Å². The van der Waals surface area contributed by atoms with E-state index in [4.69, 9.17) is 26.2 Å². The molecular formula is C6H13N3O4S. The Labute approximate surface area is 85.9 Å². The highest BCUT2D eigenvalue weighted by Crippen LogP contribution is 1.97. The summed E-state index contributed by atoms with van der Waals surface area (Å²) in [4.78, 5) is 0. The highest BCUT2D eigenvalue weighted by molar-refractivity contribution is 7.80. The number of nitrogens with zero attached hydrogens (tertiary/aromatic N) is 1. The van der Waals surface area contributed by atoms with Crippen molar-refractivity contribution >= 4 is 23.5 Å². The van der Waals surface area contributed by atoms with Gasteiger partial charge in [-0.1, -0.05) is 0 Å². The largest absolute Gasteiger partial charge is 0.394 e. The van der Waals surface area contributed by atoms with Crippen molar-refractivity contribution in [3.63, 3.8) is 0 Å². The second-order valence-corrected chi connectivity index (χ2v) is 2.93. The molecule has 0 aliphatic heterocycles. The van der Waals surface area contributed by atoms with Crippen LogP contribution in [-0.4, -0.2) is 56.7 Å². The molecule has 0 spiro atoms. The maximum atomic E-state index is 9.14. The molecule has 0 aliphatic carbocycles. The molecular weight excluding hydrogens is 210 g/mol. The fraction of sp³-hybridized carbons (Fsp3) is 0.667. The Morgan fingerprint density at radius 2 is 2.07 bits per heavy atom. The molecule has 0 fully saturated rings. The lowest BCUT2D eigenvalue weighted by Crippen LogP contribution is -2.40. The van der Waals surface area contributed by atoms with Crippen LogP contribution in [-0.2, 0) is 0 Å². The van der Waals surface area contributed by atoms with Crippen LogP contribution >= 0.6 is 12.2 Å². The van der Waals surface area contributed by atoms with Crippen LogP contribution in [0.15, 0.2) is 5.10 Å². The molecule has 0 saturated heterocycles. The average molecular weight is 223 g/mol. The lowest BCUT2D eigenvalue weighted by molar-refractivity contribution is -0.0542. The predicted molar refractivity (Wildman–Crippen MR) is 53.5 cm³/mol. The zero-order chi connectivity index (χ0) is 11.1. The molecule has 82 valence electrons. The number of hydrogen-bond donors (Lipinski definition) is 6. The Kier molecular flexibility index (Phi) is 6.25. The van der Waals surface area contributed by atoms with Crippen molar-refractivity contribution in [1.82, 2.24) is 5.43 Å². The van der Waals surface area contributed by atoms with E-state index in [1.54, 1.807) is 0 Å². The summed E-state index contributed by atoms with van der Waals surface area (Å²) >= 11 is 4.41. The molecule has 0 rings (SSSR count). The maximum Gasteiger partial charge on any atom is 0.184 e. The van der Waals surface area contributed by atoms with Crippen molar-refractivity contribution in [3.05, 3.63) is 0 Å². The first kappa shape index (κ1) is 13.2. The number of thiocarbonyl (C=S) groups is 1. The number of rotatable bonds is 5. The second-order valence-electron chi connectivity index (χ2n) is 2.49. The summed E-state index contributed by atoms with van der Waals surface area (Å²) in [5, 5.41) is 38.9. The molecule has 3 atom stereocenters. The summed E-state index contributed by atoms with van der Waals surface area (Å²) in [6.07, 6.45) is -3.46. The highest BCUT2D eigenvalue weighted by atomic mass is 32.1. The zero-order valence-electron chi connectivity index (χ0n) is 7.24. The number of nitrogens with one attached hydrogen (secondary N) is 1. The van der Waals surface area contributed by atoms with E-state index < -0.39 is 24.9 Å². The third-order valence-corrected chi connectivity index (χ3v) is 1.42. The molecule has 0 amide bonds. The van der Waals surface area contributed by atoms with Crippen molar-refractivity contribution in [2.24, 2.45) is 10.8 Å². The number of hydrazone groups is 1. The Hall–Kier alpha value is -0.800. The van der Waals surface area contributed by atoms with Crippen LogP contribution in [0.4, 0.5) is 0 Å². The molecule has 0 aromatic heterocycles. The normalized spacial score (nSPS) is 17.7. The van der Waals surface area contributed by atoms with Crippen LogP contribution in [0.1, 0.15) is 0 Å². The van der Waals surface area contributed by atoms with Gasteiger partial charge < -0.3 is 26.2 Å². The lowest BCUT2D eigenvalue weighted by atomic mass is 10.1. The summed E-state index contributed by atoms with van der Waals surface area (Å²) in [5.41, 5.74) is 7.17. The van der Waals surface area contributed by atoms with E-state index in [9.17, 15) is 0 Å². The zero-order valence-corrected chi connectivity index (χ0v) is 8.05. The van der Waals surface area contributed by atoms with Gasteiger partial charge in [-0.3, -0.25) is 5.43 Å². The summed E-state index contributed by atoms with van der Waals surface area (Å²) < 4.78 is 0. The van der Waals surface area contributed by atoms with E-state index >= 15 is 0 Å². The van der Waals surface area contributed by atoms with E-state index in [2.05, 4.69) is 22.7 Å². The Morgan fingerprint density at radius 3 is 2.50 bits per heavy atom. The van der Waals surface area contributed by atoms with Crippen LogP contribution in [0, 0.1) is 0 Å². The van der Waals surface area contributed by atoms with Gasteiger partial charge in [0.25, 0.3) is 0 Å². The van der Waals surface area contributed by atoms with Crippen molar-refractivity contribution in [2.75, 3.05) is 6.61 Å². The average Bonchev–Trinajstić information content (AvgIpc) is 2.14. The number of hydrogen-bond acceptors (Lipinski definition) is 6. The number of aliphatic hydroxyl groups excluding tert-OH is 4. The second kappa shape index (κ2) is 6.62. The molecule has 0 bridgehead atoms. The molecule has 14 heavy (non-hydrogen) atoms. The quantitative estimate of drug-likeness (QED) is 0.165. The fourth-order valence-electron chi connectivity index (χ4n) is 0.601. The van der Waals surface area contributed by atoms with Crippen molar-refractivity contribution in [3.8, 4) is 0 Å². The van der Waals surface area contributed by atoms with Crippen LogP contribution < -0.4 is 11.2 Å². The standard InChI is InChI=1S/C6H13N3O4S/c7-6(14)9-8-1-3(11)5(13)4(12)2-10/h1,3-5,10-13H,2H2,(H3,7,9,14)/b8-1+/t3-,4-,5-/m1/s1. The van der Waals surface area contributed by atoms with Gasteiger partial charge in [-0.2, -0.15) is 5.10 Å². The first-order valence-corrected chi connectivity index (χ1v) is 4.13. The molecule has 7 N–H and O–H groups in total. The van der Waals surface area contributed by atoms with Gasteiger partial charge in [0, 0.05) is 0 Å². The number of nitrogens with two attached hydrogens (primary N) is 1. The minimum atomic E-state index is -1.52. The maximum absolute atomic E-state index is 9.14. The summed E-state index contributed by atoms with van der Waals surface area (Å²) in [5.74, 6) is 0. The predicted octanol–water partition coefficient (Wildman–Crippen LogP) is -3.12. The third kappa shape index (κ3) is 5.04. The molecule has 0 unspecified atom stereocenters. The molecule has 8 heteroatoms. The van der Waals surface area contributed by atoms with Gasteiger partial charge in [-0.15, -0.1) is 0 Å². The van der Waals surface area contributed by atoms with Crippen LogP contribution in [0.25, 0.3) is 0 Å². The van der Waals surface area contributed by atoms with Gasteiger partial charge in [0.05, 0.1) is 12.8 Å². The van der Waals surface area contributed by atoms with Crippen molar-refractivity contribution in [2.45, 2.75) is 18.3 Å². The molecule has 0 aromatic rings. The topological polar surface area (TPSA) is 131 Å². The molecule has 7 nitrogen and oxygen atoms in total. The van der Waals surface area contributed by atoms with Gasteiger partial charge in [-0.25, -0.2) is 0 Å². The molecule has 0 aromatic carbocycles. The summed E-state index contributed by atoms with van der Waals surface area (Å²) in [6.45, 7) is -0.658. The van der Waals surface area contributed by atoms with E-state index in [1.165, 1.54) is 0 Å². The van der Waals surface area contributed by atoms with E-state index in [0.29, 0.717) is 0 Å². The minimum Gasteiger partial charge on any atom is -0.394 e. The highest BCUT2D eigenvalue weighted by Gasteiger charge is 2.22. The first-order valence-electron chi connectivity index (χ1n) is 3.72. The van der Waals surface area contributed by atoms with Crippen molar-refractivity contribution in [1.29, 1.82) is 0 Å². The summed E-state index contributed by atoms with van der Waals surface area (Å²) in [7, 11) is 0. The lowest BCUT2D eigenvalue weighted by Gasteiger charge is -2.17. The van der Waals surface area contributed by atoms with Crippen molar-refractivity contribution < 1.29 is 20.4 Å². The number of aliphatic hydroxyl groups is 4. The van der Waals surface area contributed by atoms with Crippen LogP contribution in [0.2, 0.25) is 0 Å². The molecule has 0 aliphatic rings. The molecule has 0 heterocycles. The van der Waals surface area contributed by atoms with Gasteiger partial charge in [0.1, 0.15) is 18.3 Å². The Balaban J connectivity index is 3.99. The van der Waals surface area contributed by atoms with Crippen LogP contribution in [0.3, 0.4) is 0 Å². The van der Waals surface area contributed by atoms with Gasteiger partial charge in [-0.05, 0) is 12.2 Å². The Morgan fingerprint density at radius 1 is 1.50 bits per heavy atom. The monoisotopic (exact) mass is 223 g/mol. The minimum absolute atomic E-state index is 0.0920. The first-order chi connectivity index (χ1) is 6.49. The van der Waals surface area contributed by atoms with Gasteiger partial charge in [0.15, 0.2) is 5.11 Å². The fourth-order valence-corrected chi connectivity index (χ4v) is 0.654. The molecule has 0 saturated carbocycles. The Bertz CT molecular complexity index is 213. The van der Waals surface area contributed by atoms with E-state index in [-0.39, 0.29) is 5.11 Å². The third-order valence-electron chi connectivity index (χ3n) is 1.33. The smallest absolute Gasteiger partial charge is 0.184 e. The SMILES string of the molecule is NC(=S)N/N=C/[C@@H](O)[C@@H](O)[C@H](O)CO. The van der Waals surface area contributed by atoms with Crippen LogP contribution in [0.5, 0.6) is 0 Å². The van der Waals surface area contributed by atoms with E-state index in [1.807, 2.05) is 0 Å². The van der Waals surface area contributed by atoms with Gasteiger partial charge >= 0.3 is 0 Å².